The van der Waals surface area contributed by atoms with Crippen molar-refractivity contribution < 1.29 is 14.3 Å². The van der Waals surface area contributed by atoms with E-state index in [1.807, 2.05) is 26.8 Å². The number of rotatable bonds is 2. The number of halogens is 1. The molecule has 0 saturated heterocycles. The van der Waals surface area contributed by atoms with Crippen LogP contribution >= 0.6 is 15.9 Å². The molecule has 1 aliphatic rings. The van der Waals surface area contributed by atoms with E-state index < -0.39 is 0 Å². The lowest BCUT2D eigenvalue weighted by Gasteiger charge is -2.28. The van der Waals surface area contributed by atoms with Crippen LogP contribution in [0.1, 0.15) is 36.7 Å². The fourth-order valence-electron chi connectivity index (χ4n) is 2.00. The van der Waals surface area contributed by atoms with Crippen LogP contribution in [0.3, 0.4) is 0 Å². The Balaban J connectivity index is 2.61. The first kappa shape index (κ1) is 14.1. The fraction of sp³-hybridized carbons (Fsp3) is 0.429. The molecule has 0 aromatic heterocycles. The summed E-state index contributed by atoms with van der Waals surface area (Å²) >= 11 is 3.17. The van der Waals surface area contributed by atoms with E-state index in [1.54, 1.807) is 6.07 Å². The van der Waals surface area contributed by atoms with Crippen molar-refractivity contribution in [2.45, 2.75) is 26.2 Å². The van der Waals surface area contributed by atoms with Gasteiger partial charge in [-0.05, 0) is 17.5 Å². The second kappa shape index (κ2) is 4.96. The molecule has 0 radical (unpaired) electrons. The first-order chi connectivity index (χ1) is 8.82. The Kier molecular flexibility index (Phi) is 3.67. The standard InChI is InChI=1S/C14H16BrNO3/c1-14(2,3)9-4-8(11(17)6-15)5-10-13(9)19-7-12(18)16-10/h4-5H,6-7H2,1-3H3,(H,16,18). The van der Waals surface area contributed by atoms with Crippen LogP contribution in [0.4, 0.5) is 5.69 Å². The Labute approximate surface area is 120 Å². The van der Waals surface area contributed by atoms with E-state index in [9.17, 15) is 9.59 Å². The second-order valence-corrected chi connectivity index (χ2v) is 6.10. The van der Waals surface area contributed by atoms with Crippen molar-refractivity contribution in [1.29, 1.82) is 0 Å². The number of Topliss-reactive ketones (excluding diaryl/α,β-unsaturated/α-hetero) is 1. The number of benzene rings is 1. The van der Waals surface area contributed by atoms with Crippen LogP contribution in [0.25, 0.3) is 0 Å². The molecule has 0 atom stereocenters. The molecule has 0 aliphatic carbocycles. The molecular formula is C14H16BrNO3. The van der Waals surface area contributed by atoms with Gasteiger partial charge in [0.15, 0.2) is 12.4 Å². The normalized spacial score (nSPS) is 14.4. The monoisotopic (exact) mass is 325 g/mol. The summed E-state index contributed by atoms with van der Waals surface area (Å²) in [5.41, 5.74) is 1.91. The Morgan fingerprint density at radius 3 is 2.68 bits per heavy atom. The number of hydrogen-bond donors (Lipinski definition) is 1. The Morgan fingerprint density at radius 2 is 2.11 bits per heavy atom. The molecule has 1 heterocycles. The molecule has 1 amide bonds. The molecule has 0 saturated carbocycles. The molecule has 4 nitrogen and oxygen atoms in total. The number of alkyl halides is 1. The average Bonchev–Trinajstić information content (AvgIpc) is 2.34. The zero-order valence-electron chi connectivity index (χ0n) is 11.2. The molecule has 19 heavy (non-hydrogen) atoms. The van der Waals surface area contributed by atoms with Crippen molar-refractivity contribution in [3.63, 3.8) is 0 Å². The highest BCUT2D eigenvalue weighted by atomic mass is 79.9. The van der Waals surface area contributed by atoms with Gasteiger partial charge in [-0.25, -0.2) is 0 Å². The van der Waals surface area contributed by atoms with Crippen LogP contribution in [0.5, 0.6) is 5.75 Å². The quantitative estimate of drug-likeness (QED) is 0.672. The van der Waals surface area contributed by atoms with Crippen molar-refractivity contribution in [3.8, 4) is 5.75 Å². The summed E-state index contributed by atoms with van der Waals surface area (Å²) in [7, 11) is 0. The van der Waals surface area contributed by atoms with E-state index in [4.69, 9.17) is 4.74 Å². The molecule has 0 unspecified atom stereocenters. The number of ketones is 1. The van der Waals surface area contributed by atoms with Gasteiger partial charge in [-0.3, -0.25) is 9.59 Å². The van der Waals surface area contributed by atoms with Crippen molar-refractivity contribution in [2.75, 3.05) is 17.3 Å². The summed E-state index contributed by atoms with van der Waals surface area (Å²) in [6.45, 7) is 6.15. The minimum Gasteiger partial charge on any atom is -0.481 e. The first-order valence-electron chi connectivity index (χ1n) is 6.03. The van der Waals surface area contributed by atoms with Crippen LogP contribution in [-0.4, -0.2) is 23.6 Å². The van der Waals surface area contributed by atoms with Gasteiger partial charge in [-0.15, -0.1) is 0 Å². The van der Waals surface area contributed by atoms with E-state index in [1.165, 1.54) is 0 Å². The molecular weight excluding hydrogens is 310 g/mol. The van der Waals surface area contributed by atoms with Crippen LogP contribution in [0.15, 0.2) is 12.1 Å². The van der Waals surface area contributed by atoms with E-state index in [-0.39, 0.29) is 29.0 Å². The van der Waals surface area contributed by atoms with Crippen molar-refractivity contribution in [3.05, 3.63) is 23.3 Å². The molecule has 1 aromatic carbocycles. The lowest BCUT2D eigenvalue weighted by atomic mass is 9.84. The number of fused-ring (bicyclic) bond motifs is 1. The second-order valence-electron chi connectivity index (χ2n) is 5.54. The van der Waals surface area contributed by atoms with Gasteiger partial charge in [-0.2, -0.15) is 0 Å². The smallest absolute Gasteiger partial charge is 0.262 e. The lowest BCUT2D eigenvalue weighted by molar-refractivity contribution is -0.118. The van der Waals surface area contributed by atoms with Gasteiger partial charge < -0.3 is 10.1 Å². The third kappa shape index (κ3) is 2.81. The Morgan fingerprint density at radius 1 is 1.42 bits per heavy atom. The molecule has 5 heteroatoms. The molecule has 0 spiro atoms. The average molecular weight is 326 g/mol. The number of carbonyl (C=O) groups is 2. The zero-order valence-corrected chi connectivity index (χ0v) is 12.8. The van der Waals surface area contributed by atoms with E-state index in [0.717, 1.165) is 5.56 Å². The van der Waals surface area contributed by atoms with E-state index in [2.05, 4.69) is 21.2 Å². The first-order valence-corrected chi connectivity index (χ1v) is 7.15. The molecule has 102 valence electrons. The van der Waals surface area contributed by atoms with Gasteiger partial charge in [0.2, 0.25) is 0 Å². The summed E-state index contributed by atoms with van der Waals surface area (Å²) < 4.78 is 5.53. The van der Waals surface area contributed by atoms with Gasteiger partial charge in [0.1, 0.15) is 5.75 Å². The summed E-state index contributed by atoms with van der Waals surface area (Å²) in [6.07, 6.45) is 0. The van der Waals surface area contributed by atoms with Crippen LogP contribution < -0.4 is 10.1 Å². The number of ether oxygens (including phenoxy) is 1. The van der Waals surface area contributed by atoms with Gasteiger partial charge in [0, 0.05) is 11.1 Å². The maximum Gasteiger partial charge on any atom is 0.262 e. The summed E-state index contributed by atoms with van der Waals surface area (Å²) in [6, 6.07) is 3.52. The minimum atomic E-state index is -0.198. The van der Waals surface area contributed by atoms with Crippen molar-refractivity contribution in [2.24, 2.45) is 0 Å². The molecule has 0 fully saturated rings. The number of carbonyl (C=O) groups excluding carboxylic acids is 2. The van der Waals surface area contributed by atoms with Crippen molar-refractivity contribution >= 4 is 33.3 Å². The fourth-order valence-corrected chi connectivity index (χ4v) is 2.32. The Bertz CT molecular complexity index is 546. The lowest BCUT2D eigenvalue weighted by Crippen LogP contribution is -2.28. The number of hydrogen-bond acceptors (Lipinski definition) is 3. The minimum absolute atomic E-state index is 0.0157. The predicted octanol–water partition coefficient (Wildman–Crippen LogP) is 2.89. The van der Waals surface area contributed by atoms with Gasteiger partial charge >= 0.3 is 0 Å². The summed E-state index contributed by atoms with van der Waals surface area (Å²) in [4.78, 5) is 23.3. The highest BCUT2D eigenvalue weighted by molar-refractivity contribution is 9.09. The number of nitrogens with one attached hydrogen (secondary N) is 1. The van der Waals surface area contributed by atoms with Gasteiger partial charge in [0.25, 0.3) is 5.91 Å². The highest BCUT2D eigenvalue weighted by Gasteiger charge is 2.27. The molecule has 0 bridgehead atoms. The number of anilines is 1. The SMILES string of the molecule is CC(C)(C)c1cc(C(=O)CBr)cc2c1OCC(=O)N2. The number of amides is 1. The third-order valence-electron chi connectivity index (χ3n) is 2.96. The Hall–Kier alpha value is -1.36. The maximum atomic E-state index is 11.9. The topological polar surface area (TPSA) is 55.4 Å². The van der Waals surface area contributed by atoms with Gasteiger partial charge in [-0.1, -0.05) is 36.7 Å². The largest absolute Gasteiger partial charge is 0.481 e. The van der Waals surface area contributed by atoms with Gasteiger partial charge in [0.05, 0.1) is 11.0 Å². The molecule has 2 rings (SSSR count). The predicted molar refractivity (Wildman–Crippen MR) is 77.4 cm³/mol. The summed E-state index contributed by atoms with van der Waals surface area (Å²) in [5.74, 6) is 0.446. The molecule has 1 N–H and O–H groups in total. The van der Waals surface area contributed by atoms with Crippen LogP contribution in [0, 0.1) is 0 Å². The van der Waals surface area contributed by atoms with E-state index in [0.29, 0.717) is 17.0 Å². The van der Waals surface area contributed by atoms with Crippen molar-refractivity contribution in [1.82, 2.24) is 0 Å². The van der Waals surface area contributed by atoms with Crippen LogP contribution in [0.2, 0.25) is 0 Å². The summed E-state index contributed by atoms with van der Waals surface area (Å²) in [5, 5.41) is 3.01. The molecule has 1 aliphatic heterocycles. The zero-order chi connectivity index (χ0) is 14.2. The highest BCUT2D eigenvalue weighted by Crippen LogP contribution is 2.40. The maximum absolute atomic E-state index is 11.9. The van der Waals surface area contributed by atoms with Crippen LogP contribution in [-0.2, 0) is 10.2 Å². The van der Waals surface area contributed by atoms with E-state index >= 15 is 0 Å². The third-order valence-corrected chi connectivity index (χ3v) is 3.47. The molecule has 1 aromatic rings.